The van der Waals surface area contributed by atoms with Crippen LogP contribution in [0, 0.1) is 10.1 Å². The second-order valence-electron chi connectivity index (χ2n) is 3.58. The van der Waals surface area contributed by atoms with Crippen LogP contribution in [0.2, 0.25) is 0 Å². The van der Waals surface area contributed by atoms with Crippen LogP contribution >= 0.6 is 0 Å². The third-order valence-electron chi connectivity index (χ3n) is 2.24. The molecule has 1 rings (SSSR count). The molecule has 0 unspecified atom stereocenters. The van der Waals surface area contributed by atoms with E-state index in [0.717, 1.165) is 0 Å². The lowest BCUT2D eigenvalue weighted by atomic mass is 10.2. The molecule has 7 heteroatoms. The molecule has 0 saturated carbocycles. The summed E-state index contributed by atoms with van der Waals surface area (Å²) in [4.78, 5) is 21.4. The standard InChI is InChI=1S/C11H16N4O3/c1-3-13-8-4-9(14-7-11(16)12-2)6-10(5-8)15(17)18/h4-6,13-14H,3,7H2,1-2H3,(H,12,16). The van der Waals surface area contributed by atoms with E-state index in [9.17, 15) is 14.9 Å². The van der Waals surface area contributed by atoms with Crippen LogP contribution in [-0.2, 0) is 4.79 Å². The molecule has 1 aromatic carbocycles. The van der Waals surface area contributed by atoms with Crippen LogP contribution in [0.15, 0.2) is 18.2 Å². The lowest BCUT2D eigenvalue weighted by Gasteiger charge is -2.09. The molecule has 0 aliphatic carbocycles. The summed E-state index contributed by atoms with van der Waals surface area (Å²) in [7, 11) is 1.53. The van der Waals surface area contributed by atoms with Crippen molar-refractivity contribution in [2.75, 3.05) is 30.8 Å². The summed E-state index contributed by atoms with van der Waals surface area (Å²) in [5, 5.41) is 19.1. The average molecular weight is 252 g/mol. The van der Waals surface area contributed by atoms with Crippen LogP contribution in [-0.4, -0.2) is 31.0 Å². The molecule has 1 aromatic rings. The van der Waals surface area contributed by atoms with Crippen molar-refractivity contribution < 1.29 is 9.72 Å². The normalized spacial score (nSPS) is 9.67. The van der Waals surface area contributed by atoms with Crippen molar-refractivity contribution in [1.29, 1.82) is 0 Å². The number of nitrogens with zero attached hydrogens (tertiary/aromatic N) is 1. The predicted molar refractivity (Wildman–Crippen MR) is 69.8 cm³/mol. The number of benzene rings is 1. The molecule has 0 fully saturated rings. The maximum Gasteiger partial charge on any atom is 0.273 e. The van der Waals surface area contributed by atoms with Gasteiger partial charge in [-0.1, -0.05) is 0 Å². The van der Waals surface area contributed by atoms with E-state index in [2.05, 4.69) is 16.0 Å². The van der Waals surface area contributed by atoms with Crippen molar-refractivity contribution in [3.8, 4) is 0 Å². The minimum atomic E-state index is -0.466. The van der Waals surface area contributed by atoms with Gasteiger partial charge in [0.1, 0.15) is 0 Å². The Morgan fingerprint density at radius 3 is 2.39 bits per heavy atom. The summed E-state index contributed by atoms with van der Waals surface area (Å²) in [6.07, 6.45) is 0. The van der Waals surface area contributed by atoms with Crippen molar-refractivity contribution in [2.45, 2.75) is 6.92 Å². The Bertz CT molecular complexity index is 448. The Labute approximate surface area is 105 Å². The van der Waals surface area contributed by atoms with Gasteiger partial charge in [-0.05, 0) is 13.0 Å². The monoisotopic (exact) mass is 252 g/mol. The molecule has 0 spiro atoms. The summed E-state index contributed by atoms with van der Waals surface area (Å²) < 4.78 is 0. The first-order valence-electron chi connectivity index (χ1n) is 5.54. The number of nitro benzene ring substituents is 1. The number of hydrogen-bond donors (Lipinski definition) is 3. The Morgan fingerprint density at radius 2 is 1.89 bits per heavy atom. The molecular weight excluding hydrogens is 236 g/mol. The van der Waals surface area contributed by atoms with E-state index in [0.29, 0.717) is 17.9 Å². The number of carbonyl (C=O) groups is 1. The Morgan fingerprint density at radius 1 is 1.28 bits per heavy atom. The summed E-state index contributed by atoms with van der Waals surface area (Å²) in [6, 6.07) is 4.57. The molecule has 1 amide bonds. The largest absolute Gasteiger partial charge is 0.385 e. The van der Waals surface area contributed by atoms with Gasteiger partial charge in [0, 0.05) is 37.1 Å². The molecule has 0 bridgehead atoms. The third kappa shape index (κ3) is 3.93. The molecule has 0 aromatic heterocycles. The number of likely N-dealkylation sites (N-methyl/N-ethyl adjacent to an activating group) is 1. The molecule has 0 heterocycles. The van der Waals surface area contributed by atoms with Gasteiger partial charge < -0.3 is 16.0 Å². The number of anilines is 2. The summed E-state index contributed by atoms with van der Waals surface area (Å²) >= 11 is 0. The van der Waals surface area contributed by atoms with Crippen molar-refractivity contribution in [1.82, 2.24) is 5.32 Å². The van der Waals surface area contributed by atoms with Gasteiger partial charge in [-0.2, -0.15) is 0 Å². The molecule has 0 atom stereocenters. The number of carbonyl (C=O) groups excluding carboxylic acids is 1. The van der Waals surface area contributed by atoms with Crippen LogP contribution < -0.4 is 16.0 Å². The van der Waals surface area contributed by atoms with Gasteiger partial charge in [-0.25, -0.2) is 0 Å². The van der Waals surface area contributed by atoms with Crippen LogP contribution in [0.3, 0.4) is 0 Å². The number of hydrogen-bond acceptors (Lipinski definition) is 5. The van der Waals surface area contributed by atoms with Gasteiger partial charge in [0.05, 0.1) is 11.5 Å². The van der Waals surface area contributed by atoms with Crippen LogP contribution in [0.25, 0.3) is 0 Å². The number of amides is 1. The van der Waals surface area contributed by atoms with Crippen molar-refractivity contribution in [2.24, 2.45) is 0 Å². The maximum absolute atomic E-state index is 11.1. The highest BCUT2D eigenvalue weighted by atomic mass is 16.6. The SMILES string of the molecule is CCNc1cc(NCC(=O)NC)cc([N+](=O)[O-])c1. The third-order valence-corrected chi connectivity index (χ3v) is 2.24. The Hall–Kier alpha value is -2.31. The van der Waals surface area contributed by atoms with Gasteiger partial charge in [-0.15, -0.1) is 0 Å². The molecule has 98 valence electrons. The molecular formula is C11H16N4O3. The Balaban J connectivity index is 2.88. The highest BCUT2D eigenvalue weighted by Gasteiger charge is 2.10. The zero-order valence-electron chi connectivity index (χ0n) is 10.3. The minimum absolute atomic E-state index is 0.0205. The van der Waals surface area contributed by atoms with E-state index in [4.69, 9.17) is 0 Å². The molecule has 0 aliphatic rings. The molecule has 3 N–H and O–H groups in total. The second-order valence-corrected chi connectivity index (χ2v) is 3.58. The van der Waals surface area contributed by atoms with Crippen molar-refractivity contribution in [3.05, 3.63) is 28.3 Å². The van der Waals surface area contributed by atoms with E-state index in [1.165, 1.54) is 19.2 Å². The molecule has 7 nitrogen and oxygen atoms in total. The van der Waals surface area contributed by atoms with Gasteiger partial charge in [0.15, 0.2) is 0 Å². The highest BCUT2D eigenvalue weighted by Crippen LogP contribution is 2.24. The summed E-state index contributed by atoms with van der Waals surface area (Å²) in [5.41, 5.74) is 1.16. The lowest BCUT2D eigenvalue weighted by molar-refractivity contribution is -0.384. The summed E-state index contributed by atoms with van der Waals surface area (Å²) in [6.45, 7) is 2.63. The van der Waals surface area contributed by atoms with E-state index < -0.39 is 4.92 Å². The fourth-order valence-electron chi connectivity index (χ4n) is 1.40. The predicted octanol–water partition coefficient (Wildman–Crippen LogP) is 1.18. The zero-order chi connectivity index (χ0) is 13.5. The molecule has 0 saturated heterocycles. The molecule has 18 heavy (non-hydrogen) atoms. The lowest BCUT2D eigenvalue weighted by Crippen LogP contribution is -2.26. The first-order valence-corrected chi connectivity index (χ1v) is 5.54. The van der Waals surface area contributed by atoms with Gasteiger partial charge in [0.25, 0.3) is 5.69 Å². The topological polar surface area (TPSA) is 96.3 Å². The van der Waals surface area contributed by atoms with Crippen LogP contribution in [0.4, 0.5) is 17.1 Å². The molecule has 0 radical (unpaired) electrons. The van der Waals surface area contributed by atoms with E-state index >= 15 is 0 Å². The fraction of sp³-hybridized carbons (Fsp3) is 0.364. The minimum Gasteiger partial charge on any atom is -0.385 e. The van der Waals surface area contributed by atoms with Gasteiger partial charge in [-0.3, -0.25) is 14.9 Å². The zero-order valence-corrected chi connectivity index (χ0v) is 10.3. The number of nitro groups is 1. The maximum atomic E-state index is 11.1. The van der Waals surface area contributed by atoms with Crippen LogP contribution in [0.5, 0.6) is 0 Å². The van der Waals surface area contributed by atoms with E-state index in [1.54, 1.807) is 6.07 Å². The number of nitrogens with one attached hydrogen (secondary N) is 3. The average Bonchev–Trinajstić information content (AvgIpc) is 2.36. The first-order chi connectivity index (χ1) is 8.56. The molecule has 0 aliphatic heterocycles. The van der Waals surface area contributed by atoms with E-state index in [1.807, 2.05) is 6.92 Å². The number of non-ortho nitro benzene ring substituents is 1. The van der Waals surface area contributed by atoms with Crippen molar-refractivity contribution >= 4 is 23.0 Å². The second kappa shape index (κ2) is 6.43. The van der Waals surface area contributed by atoms with Crippen molar-refractivity contribution in [3.63, 3.8) is 0 Å². The summed E-state index contributed by atoms with van der Waals surface area (Å²) in [5.74, 6) is -0.188. The van der Waals surface area contributed by atoms with Crippen LogP contribution in [0.1, 0.15) is 6.92 Å². The van der Waals surface area contributed by atoms with Gasteiger partial charge in [0.2, 0.25) is 5.91 Å². The van der Waals surface area contributed by atoms with Gasteiger partial charge >= 0.3 is 0 Å². The number of rotatable bonds is 6. The fourth-order valence-corrected chi connectivity index (χ4v) is 1.40. The van der Waals surface area contributed by atoms with E-state index in [-0.39, 0.29) is 18.1 Å². The Kier molecular flexibility index (Phi) is 4.91. The smallest absolute Gasteiger partial charge is 0.273 e. The quantitative estimate of drug-likeness (QED) is 0.522. The first kappa shape index (κ1) is 13.8. The highest BCUT2D eigenvalue weighted by molar-refractivity contribution is 5.80.